The normalized spacial score (nSPS) is 16.4. The molecule has 158 valence electrons. The van der Waals surface area contributed by atoms with E-state index >= 15 is 0 Å². The monoisotopic (exact) mass is 419 g/mol. The second kappa shape index (κ2) is 10.0. The van der Waals surface area contributed by atoms with E-state index in [2.05, 4.69) is 17.2 Å². The van der Waals surface area contributed by atoms with Gasteiger partial charge < -0.3 is 15.0 Å². The van der Waals surface area contributed by atoms with Crippen molar-refractivity contribution in [1.82, 2.24) is 14.6 Å². The van der Waals surface area contributed by atoms with Crippen LogP contribution in [0.1, 0.15) is 54.7 Å². The van der Waals surface area contributed by atoms with Gasteiger partial charge in [-0.15, -0.1) is 0 Å². The lowest BCUT2D eigenvalue weighted by molar-refractivity contribution is 0.0730. The highest BCUT2D eigenvalue weighted by Crippen LogP contribution is 2.22. The Morgan fingerprint density at radius 2 is 1.93 bits per heavy atom. The number of nitrogens with one attached hydrogen (secondary N) is 2. The largest absolute Gasteiger partial charge is 0.379 e. The number of unbranched alkanes of at least 4 members (excludes halogenated alkanes) is 2. The summed E-state index contributed by atoms with van der Waals surface area (Å²) in [5.41, 5.74) is 1.29. The number of rotatable bonds is 9. The maximum atomic E-state index is 12.8. The number of amides is 1. The van der Waals surface area contributed by atoms with E-state index < -0.39 is 10.0 Å². The maximum Gasteiger partial charge on any atom is 0.268 e. The highest BCUT2D eigenvalue weighted by molar-refractivity contribution is 7.89. The van der Waals surface area contributed by atoms with Crippen molar-refractivity contribution in [3.05, 3.63) is 53.9 Å². The number of morpholine rings is 1. The molecule has 0 radical (unpaired) electrons. The van der Waals surface area contributed by atoms with Crippen LogP contribution in [-0.2, 0) is 14.8 Å². The number of H-pyrrole nitrogens is 1. The Labute approximate surface area is 172 Å². The quantitative estimate of drug-likeness (QED) is 0.611. The van der Waals surface area contributed by atoms with Crippen molar-refractivity contribution in [2.75, 3.05) is 26.3 Å². The Bertz CT molecular complexity index is 890. The van der Waals surface area contributed by atoms with Crippen LogP contribution in [0.15, 0.2) is 47.5 Å². The lowest BCUT2D eigenvalue weighted by Gasteiger charge is -2.25. The molecule has 0 spiro atoms. The zero-order valence-electron chi connectivity index (χ0n) is 16.8. The average molecular weight is 420 g/mol. The fourth-order valence-corrected chi connectivity index (χ4v) is 4.84. The fourth-order valence-electron chi connectivity index (χ4n) is 3.43. The SMILES string of the molecule is CCCCCC(NC(=O)c1cc(S(=O)(=O)N2CCOCC2)c[nH]1)c1ccccc1. The highest BCUT2D eigenvalue weighted by atomic mass is 32.2. The van der Waals surface area contributed by atoms with Crippen LogP contribution in [0, 0.1) is 0 Å². The molecule has 3 rings (SSSR count). The zero-order chi connectivity index (χ0) is 20.7. The van der Waals surface area contributed by atoms with Gasteiger partial charge in [-0.25, -0.2) is 8.42 Å². The van der Waals surface area contributed by atoms with Crippen LogP contribution in [0.4, 0.5) is 0 Å². The maximum absolute atomic E-state index is 12.8. The minimum Gasteiger partial charge on any atom is -0.379 e. The summed E-state index contributed by atoms with van der Waals surface area (Å²) in [6, 6.07) is 11.2. The number of carbonyl (C=O) groups is 1. The first-order valence-electron chi connectivity index (χ1n) is 10.1. The summed E-state index contributed by atoms with van der Waals surface area (Å²) >= 11 is 0. The molecule has 0 aliphatic carbocycles. The van der Waals surface area contributed by atoms with Crippen molar-refractivity contribution < 1.29 is 17.9 Å². The summed E-state index contributed by atoms with van der Waals surface area (Å²) in [4.78, 5) is 15.7. The first-order chi connectivity index (χ1) is 14.0. The molecule has 1 aromatic heterocycles. The fraction of sp³-hybridized carbons (Fsp3) is 0.476. The van der Waals surface area contributed by atoms with Crippen LogP contribution in [0.5, 0.6) is 0 Å². The molecule has 0 saturated carbocycles. The van der Waals surface area contributed by atoms with Gasteiger partial charge in [-0.05, 0) is 18.1 Å². The Balaban J connectivity index is 1.72. The number of hydrogen-bond donors (Lipinski definition) is 2. The molecule has 1 atom stereocenters. The van der Waals surface area contributed by atoms with Crippen LogP contribution < -0.4 is 5.32 Å². The standard InChI is InChI=1S/C21H29N3O4S/c1-2-3-5-10-19(17-8-6-4-7-9-17)23-21(25)20-15-18(16-22-20)29(26,27)24-11-13-28-14-12-24/h4,6-9,15-16,19,22H,2-3,5,10-14H2,1H3,(H,23,25). The molecule has 1 saturated heterocycles. The third kappa shape index (κ3) is 5.46. The molecule has 1 unspecified atom stereocenters. The first kappa shape index (κ1) is 21.5. The number of ether oxygens (including phenoxy) is 1. The summed E-state index contributed by atoms with van der Waals surface area (Å²) in [7, 11) is -3.63. The lowest BCUT2D eigenvalue weighted by Crippen LogP contribution is -2.40. The topological polar surface area (TPSA) is 91.5 Å². The summed E-state index contributed by atoms with van der Waals surface area (Å²) in [6.07, 6.45) is 5.44. The van der Waals surface area contributed by atoms with Gasteiger partial charge in [-0.1, -0.05) is 56.5 Å². The Morgan fingerprint density at radius 1 is 1.21 bits per heavy atom. The molecule has 1 fully saturated rings. The smallest absolute Gasteiger partial charge is 0.268 e. The minimum atomic E-state index is -3.63. The number of carbonyl (C=O) groups excluding carboxylic acids is 1. The molecule has 7 nitrogen and oxygen atoms in total. The summed E-state index contributed by atoms with van der Waals surface area (Å²) < 4.78 is 32.1. The molecule has 1 aromatic carbocycles. The first-order valence-corrected chi connectivity index (χ1v) is 11.6. The van der Waals surface area contributed by atoms with Crippen molar-refractivity contribution in [3.8, 4) is 0 Å². The van der Waals surface area contributed by atoms with E-state index in [0.29, 0.717) is 26.3 Å². The lowest BCUT2D eigenvalue weighted by atomic mass is 10.0. The zero-order valence-corrected chi connectivity index (χ0v) is 17.6. The van der Waals surface area contributed by atoms with Gasteiger partial charge in [-0.3, -0.25) is 4.79 Å². The van der Waals surface area contributed by atoms with Crippen molar-refractivity contribution in [1.29, 1.82) is 0 Å². The van der Waals surface area contributed by atoms with E-state index in [9.17, 15) is 13.2 Å². The molecule has 1 aliphatic heterocycles. The number of benzene rings is 1. The molecule has 8 heteroatoms. The molecule has 0 bridgehead atoms. The van der Waals surface area contributed by atoms with Crippen molar-refractivity contribution in [2.24, 2.45) is 0 Å². The van der Waals surface area contributed by atoms with Crippen LogP contribution >= 0.6 is 0 Å². The van der Waals surface area contributed by atoms with E-state index in [1.165, 1.54) is 16.6 Å². The van der Waals surface area contributed by atoms with Gasteiger partial charge in [0.05, 0.1) is 19.3 Å². The predicted molar refractivity (Wildman–Crippen MR) is 111 cm³/mol. The number of aromatic amines is 1. The second-order valence-corrected chi connectivity index (χ2v) is 9.14. The molecular formula is C21H29N3O4S. The van der Waals surface area contributed by atoms with Gasteiger partial charge in [0.15, 0.2) is 0 Å². The van der Waals surface area contributed by atoms with Gasteiger partial charge in [0, 0.05) is 19.3 Å². The molecule has 1 amide bonds. The minimum absolute atomic E-state index is 0.104. The van der Waals surface area contributed by atoms with Gasteiger partial charge in [0.2, 0.25) is 10.0 Å². The summed E-state index contributed by atoms with van der Waals surface area (Å²) in [5, 5.41) is 3.05. The Morgan fingerprint density at radius 3 is 2.62 bits per heavy atom. The van der Waals surface area contributed by atoms with Gasteiger partial charge in [0.1, 0.15) is 10.6 Å². The number of nitrogens with zero attached hydrogens (tertiary/aromatic N) is 1. The van der Waals surface area contributed by atoms with Crippen LogP contribution in [0.3, 0.4) is 0 Å². The number of sulfonamides is 1. The molecule has 29 heavy (non-hydrogen) atoms. The third-order valence-corrected chi connectivity index (χ3v) is 6.99. The van der Waals surface area contributed by atoms with Gasteiger partial charge in [0.25, 0.3) is 5.91 Å². The molecule has 1 aliphatic rings. The van der Waals surface area contributed by atoms with E-state index in [-0.39, 0.29) is 22.5 Å². The van der Waals surface area contributed by atoms with Crippen LogP contribution in [0.25, 0.3) is 0 Å². The Kier molecular flexibility index (Phi) is 7.46. The van der Waals surface area contributed by atoms with E-state index in [4.69, 9.17) is 4.74 Å². The van der Waals surface area contributed by atoms with Crippen molar-refractivity contribution in [2.45, 2.75) is 43.5 Å². The molecule has 2 heterocycles. The number of hydrogen-bond acceptors (Lipinski definition) is 4. The average Bonchev–Trinajstić information content (AvgIpc) is 3.26. The van der Waals surface area contributed by atoms with Gasteiger partial charge >= 0.3 is 0 Å². The van der Waals surface area contributed by atoms with E-state index in [0.717, 1.165) is 31.2 Å². The number of aromatic nitrogens is 1. The van der Waals surface area contributed by atoms with Crippen molar-refractivity contribution in [3.63, 3.8) is 0 Å². The highest BCUT2D eigenvalue weighted by Gasteiger charge is 2.28. The molecule has 2 N–H and O–H groups in total. The Hall–Kier alpha value is -2.16. The third-order valence-electron chi connectivity index (χ3n) is 5.11. The van der Waals surface area contributed by atoms with Crippen molar-refractivity contribution >= 4 is 15.9 Å². The summed E-state index contributed by atoms with van der Waals surface area (Å²) in [6.45, 7) is 3.55. The predicted octanol–water partition coefficient (Wildman–Crippen LogP) is 3.09. The molecule has 2 aromatic rings. The van der Waals surface area contributed by atoms with Gasteiger partial charge in [-0.2, -0.15) is 4.31 Å². The second-order valence-electron chi connectivity index (χ2n) is 7.20. The van der Waals surface area contributed by atoms with E-state index in [1.807, 2.05) is 30.3 Å². The van der Waals surface area contributed by atoms with Crippen LogP contribution in [-0.4, -0.2) is 49.9 Å². The van der Waals surface area contributed by atoms with Crippen LogP contribution in [0.2, 0.25) is 0 Å². The van der Waals surface area contributed by atoms with E-state index in [1.54, 1.807) is 0 Å². The molecular weight excluding hydrogens is 390 g/mol. The summed E-state index contributed by atoms with van der Waals surface area (Å²) in [5.74, 6) is -0.307.